The standard InChI is InChI=1S/C25H22N2O2/c1-16-13-20(25(28)29)11-12-24(16)27-17(2)14-21(18(27)3)15-26-23-10-6-8-19-7-4-5-9-22(19)23/h4-15H,1-3H3,(H,28,29). The molecule has 29 heavy (non-hydrogen) atoms. The lowest BCUT2D eigenvalue weighted by molar-refractivity contribution is 0.0697. The van der Waals surface area contributed by atoms with Gasteiger partial charge in [-0.1, -0.05) is 36.4 Å². The quantitative estimate of drug-likeness (QED) is 0.440. The maximum absolute atomic E-state index is 11.2. The number of aliphatic imine (C=N–C) groups is 1. The minimum Gasteiger partial charge on any atom is -0.478 e. The van der Waals surface area contributed by atoms with Crippen LogP contribution in [0.3, 0.4) is 0 Å². The predicted octanol–water partition coefficient (Wildman–Crippen LogP) is 6.00. The molecule has 4 heteroatoms. The zero-order valence-corrected chi connectivity index (χ0v) is 16.7. The van der Waals surface area contributed by atoms with E-state index in [2.05, 4.69) is 35.8 Å². The first-order valence-electron chi connectivity index (χ1n) is 9.51. The molecule has 0 aliphatic rings. The van der Waals surface area contributed by atoms with Crippen LogP contribution in [-0.4, -0.2) is 21.9 Å². The molecule has 0 bridgehead atoms. The van der Waals surface area contributed by atoms with Crippen molar-refractivity contribution in [3.8, 4) is 5.69 Å². The molecule has 0 aliphatic carbocycles. The lowest BCUT2D eigenvalue weighted by Crippen LogP contribution is -2.04. The van der Waals surface area contributed by atoms with Crippen molar-refractivity contribution in [2.45, 2.75) is 20.8 Å². The highest BCUT2D eigenvalue weighted by molar-refractivity contribution is 5.95. The van der Waals surface area contributed by atoms with Gasteiger partial charge in [0, 0.05) is 34.2 Å². The average Bonchev–Trinajstić information content (AvgIpc) is 2.99. The van der Waals surface area contributed by atoms with Crippen LogP contribution in [0.1, 0.15) is 32.9 Å². The second-order valence-corrected chi connectivity index (χ2v) is 7.22. The first-order chi connectivity index (χ1) is 14.0. The highest BCUT2D eigenvalue weighted by Crippen LogP contribution is 2.27. The smallest absolute Gasteiger partial charge is 0.335 e. The fourth-order valence-corrected chi connectivity index (χ4v) is 3.79. The van der Waals surface area contributed by atoms with Crippen LogP contribution in [0.25, 0.3) is 16.5 Å². The first-order valence-corrected chi connectivity index (χ1v) is 9.51. The Kier molecular flexibility index (Phi) is 4.77. The summed E-state index contributed by atoms with van der Waals surface area (Å²) in [6.45, 7) is 6.04. The molecule has 1 N–H and O–H groups in total. The lowest BCUT2D eigenvalue weighted by Gasteiger charge is -2.13. The molecule has 1 heterocycles. The van der Waals surface area contributed by atoms with Crippen molar-refractivity contribution in [1.29, 1.82) is 0 Å². The molecule has 0 amide bonds. The summed E-state index contributed by atoms with van der Waals surface area (Å²) < 4.78 is 2.14. The predicted molar refractivity (Wildman–Crippen MR) is 118 cm³/mol. The fourth-order valence-electron chi connectivity index (χ4n) is 3.79. The number of hydrogen-bond donors (Lipinski definition) is 1. The Morgan fingerprint density at radius 2 is 1.72 bits per heavy atom. The Labute approximate surface area is 169 Å². The van der Waals surface area contributed by atoms with Gasteiger partial charge >= 0.3 is 5.97 Å². The van der Waals surface area contributed by atoms with Crippen LogP contribution in [0.15, 0.2) is 71.7 Å². The van der Waals surface area contributed by atoms with E-state index in [1.807, 2.05) is 50.4 Å². The van der Waals surface area contributed by atoms with Crippen molar-refractivity contribution < 1.29 is 9.90 Å². The van der Waals surface area contributed by atoms with Crippen LogP contribution >= 0.6 is 0 Å². The van der Waals surface area contributed by atoms with E-state index < -0.39 is 5.97 Å². The number of carboxylic acid groups (broad SMARTS) is 1. The number of carbonyl (C=O) groups is 1. The number of rotatable bonds is 4. The molecular weight excluding hydrogens is 360 g/mol. The number of fused-ring (bicyclic) bond motifs is 1. The molecule has 1 aromatic heterocycles. The van der Waals surface area contributed by atoms with Crippen molar-refractivity contribution in [3.05, 3.63) is 94.8 Å². The number of carboxylic acids is 1. The summed E-state index contributed by atoms with van der Waals surface area (Å²) in [6, 6.07) is 21.7. The second-order valence-electron chi connectivity index (χ2n) is 7.22. The summed E-state index contributed by atoms with van der Waals surface area (Å²) in [5, 5.41) is 11.5. The molecule has 3 aromatic carbocycles. The topological polar surface area (TPSA) is 54.6 Å². The van der Waals surface area contributed by atoms with Gasteiger partial charge in [0.05, 0.1) is 11.3 Å². The van der Waals surface area contributed by atoms with Crippen molar-refractivity contribution in [3.63, 3.8) is 0 Å². The van der Waals surface area contributed by atoms with Gasteiger partial charge in [0.1, 0.15) is 0 Å². The zero-order valence-electron chi connectivity index (χ0n) is 16.7. The molecule has 0 spiro atoms. The summed E-state index contributed by atoms with van der Waals surface area (Å²) >= 11 is 0. The van der Waals surface area contributed by atoms with Crippen molar-refractivity contribution in [2.75, 3.05) is 0 Å². The summed E-state index contributed by atoms with van der Waals surface area (Å²) in [6.07, 6.45) is 1.90. The molecule has 0 fully saturated rings. The van der Waals surface area contributed by atoms with Crippen molar-refractivity contribution in [1.82, 2.24) is 4.57 Å². The zero-order chi connectivity index (χ0) is 20.5. The Morgan fingerprint density at radius 1 is 0.966 bits per heavy atom. The van der Waals surface area contributed by atoms with Crippen LogP contribution in [-0.2, 0) is 0 Å². The van der Waals surface area contributed by atoms with Crippen LogP contribution < -0.4 is 0 Å². The average molecular weight is 382 g/mol. The first kappa shape index (κ1) is 18.7. The van der Waals surface area contributed by atoms with Gasteiger partial charge in [0.2, 0.25) is 0 Å². The molecule has 0 unspecified atom stereocenters. The van der Waals surface area contributed by atoms with E-state index in [9.17, 15) is 9.90 Å². The molecule has 0 atom stereocenters. The molecule has 144 valence electrons. The number of aryl methyl sites for hydroxylation is 2. The minimum absolute atomic E-state index is 0.298. The second kappa shape index (κ2) is 7.40. The van der Waals surface area contributed by atoms with Gasteiger partial charge in [-0.15, -0.1) is 0 Å². The van der Waals surface area contributed by atoms with Gasteiger partial charge in [-0.3, -0.25) is 4.99 Å². The molecule has 0 aliphatic heterocycles. The Bertz CT molecular complexity index is 1260. The van der Waals surface area contributed by atoms with Crippen molar-refractivity contribution >= 4 is 28.6 Å². The number of aromatic nitrogens is 1. The highest BCUT2D eigenvalue weighted by Gasteiger charge is 2.13. The molecule has 0 radical (unpaired) electrons. The third-order valence-corrected chi connectivity index (χ3v) is 5.26. The summed E-state index contributed by atoms with van der Waals surface area (Å²) in [5.41, 5.74) is 6.32. The highest BCUT2D eigenvalue weighted by atomic mass is 16.4. The molecule has 0 saturated carbocycles. The number of aromatic carboxylic acids is 1. The maximum Gasteiger partial charge on any atom is 0.335 e. The van der Waals surface area contributed by atoms with Gasteiger partial charge in [-0.05, 0) is 62.1 Å². The van der Waals surface area contributed by atoms with E-state index in [1.54, 1.807) is 12.1 Å². The normalized spacial score (nSPS) is 11.4. The summed E-state index contributed by atoms with van der Waals surface area (Å²) in [5.74, 6) is -0.913. The molecule has 4 nitrogen and oxygen atoms in total. The molecule has 4 rings (SSSR count). The molecular formula is C25H22N2O2. The third-order valence-electron chi connectivity index (χ3n) is 5.26. The Morgan fingerprint density at radius 3 is 2.48 bits per heavy atom. The number of nitrogens with zero attached hydrogens (tertiary/aromatic N) is 2. The maximum atomic E-state index is 11.2. The van der Waals surface area contributed by atoms with Gasteiger partial charge < -0.3 is 9.67 Å². The Balaban J connectivity index is 1.74. The minimum atomic E-state index is -0.913. The van der Waals surface area contributed by atoms with Crippen LogP contribution in [0, 0.1) is 20.8 Å². The van der Waals surface area contributed by atoms with E-state index in [0.717, 1.165) is 39.3 Å². The number of hydrogen-bond acceptors (Lipinski definition) is 2. The van der Waals surface area contributed by atoms with E-state index in [0.29, 0.717) is 5.56 Å². The summed E-state index contributed by atoms with van der Waals surface area (Å²) in [4.78, 5) is 16.0. The van der Waals surface area contributed by atoms with Gasteiger partial charge in [-0.25, -0.2) is 4.79 Å². The molecule has 4 aromatic rings. The van der Waals surface area contributed by atoms with E-state index in [-0.39, 0.29) is 0 Å². The van der Waals surface area contributed by atoms with E-state index in [4.69, 9.17) is 4.99 Å². The summed E-state index contributed by atoms with van der Waals surface area (Å²) in [7, 11) is 0. The monoisotopic (exact) mass is 382 g/mol. The largest absolute Gasteiger partial charge is 0.478 e. The van der Waals surface area contributed by atoms with Gasteiger partial charge in [0.25, 0.3) is 0 Å². The SMILES string of the molecule is Cc1cc(C(=O)O)ccc1-n1c(C)cc(C=Nc2cccc3ccccc23)c1C. The van der Waals surface area contributed by atoms with E-state index >= 15 is 0 Å². The Hall–Kier alpha value is -3.66. The van der Waals surface area contributed by atoms with E-state index in [1.165, 1.54) is 5.39 Å². The van der Waals surface area contributed by atoms with Gasteiger partial charge in [0.15, 0.2) is 0 Å². The fraction of sp³-hybridized carbons (Fsp3) is 0.120. The van der Waals surface area contributed by atoms with Crippen molar-refractivity contribution in [2.24, 2.45) is 4.99 Å². The lowest BCUT2D eigenvalue weighted by atomic mass is 10.1. The van der Waals surface area contributed by atoms with Crippen LogP contribution in [0.4, 0.5) is 5.69 Å². The van der Waals surface area contributed by atoms with Gasteiger partial charge in [-0.2, -0.15) is 0 Å². The van der Waals surface area contributed by atoms with Crippen LogP contribution in [0.2, 0.25) is 0 Å². The number of benzene rings is 3. The third kappa shape index (κ3) is 3.45. The van der Waals surface area contributed by atoms with Crippen LogP contribution in [0.5, 0.6) is 0 Å². The molecule has 0 saturated heterocycles.